The van der Waals surface area contributed by atoms with Crippen LogP contribution in [0, 0.1) is 20.8 Å². The van der Waals surface area contributed by atoms with Crippen molar-refractivity contribution >= 4 is 45.5 Å². The van der Waals surface area contributed by atoms with E-state index in [1.807, 2.05) is 0 Å². The molecular weight excluding hydrogens is 362 g/mol. The van der Waals surface area contributed by atoms with Gasteiger partial charge in [-0.15, -0.1) is 23.7 Å². The molecule has 3 nitrogen and oxygen atoms in total. The lowest BCUT2D eigenvalue weighted by atomic mass is 10.0. The first-order valence-corrected chi connectivity index (χ1v) is 9.13. The van der Waals surface area contributed by atoms with Crippen LogP contribution < -0.4 is 5.32 Å². The fraction of sp³-hybridized carbons (Fsp3) is 0.143. The van der Waals surface area contributed by atoms with Gasteiger partial charge in [0.05, 0.1) is 5.39 Å². The van der Waals surface area contributed by atoms with Crippen molar-refractivity contribution in [2.45, 2.75) is 20.8 Å². The highest BCUT2D eigenvalue weighted by atomic mass is 35.5. The summed E-state index contributed by atoms with van der Waals surface area (Å²) in [5, 5.41) is 6.70. The summed E-state index contributed by atoms with van der Waals surface area (Å²) < 4.78 is 0. The number of hydrogen-bond donors (Lipinski definition) is 1. The quantitative estimate of drug-likeness (QED) is 0.443. The maximum Gasteiger partial charge on any atom is 0.143 e. The monoisotopic (exact) mass is 381 g/mol. The van der Waals surface area contributed by atoms with Crippen molar-refractivity contribution in [3.63, 3.8) is 0 Å². The molecule has 132 valence electrons. The first-order chi connectivity index (χ1) is 12.1. The molecule has 4 aromatic rings. The fourth-order valence-electron chi connectivity index (χ4n) is 2.86. The Morgan fingerprint density at radius 1 is 0.885 bits per heavy atom. The summed E-state index contributed by atoms with van der Waals surface area (Å²) in [6.07, 6.45) is 1.62. The molecule has 26 heavy (non-hydrogen) atoms. The van der Waals surface area contributed by atoms with Crippen LogP contribution in [0.4, 0.5) is 11.5 Å². The van der Waals surface area contributed by atoms with Gasteiger partial charge in [-0.2, -0.15) is 0 Å². The molecule has 0 aliphatic carbocycles. The Hall–Kier alpha value is -2.43. The summed E-state index contributed by atoms with van der Waals surface area (Å²) in [4.78, 5) is 9.96. The van der Waals surface area contributed by atoms with Crippen molar-refractivity contribution in [1.29, 1.82) is 0 Å². The zero-order valence-electron chi connectivity index (χ0n) is 14.9. The molecule has 0 aliphatic heterocycles. The predicted molar refractivity (Wildman–Crippen MR) is 114 cm³/mol. The highest BCUT2D eigenvalue weighted by Crippen LogP contribution is 2.37. The number of aromatic nitrogens is 2. The van der Waals surface area contributed by atoms with E-state index in [4.69, 9.17) is 0 Å². The Morgan fingerprint density at radius 3 is 2.38 bits per heavy atom. The van der Waals surface area contributed by atoms with Gasteiger partial charge in [0.1, 0.15) is 17.0 Å². The molecule has 4 rings (SSSR count). The molecule has 0 atom stereocenters. The van der Waals surface area contributed by atoms with Crippen molar-refractivity contribution in [2.24, 2.45) is 0 Å². The van der Waals surface area contributed by atoms with Crippen LogP contribution in [0.5, 0.6) is 0 Å². The highest BCUT2D eigenvalue weighted by Gasteiger charge is 2.13. The number of rotatable bonds is 3. The SMILES string of the molecule is Cc1ccc(Nc2ncnc3scc(-c4ccc(C)c(C)c4)c23)cc1.Cl. The van der Waals surface area contributed by atoms with E-state index in [1.165, 1.54) is 27.8 Å². The number of thiophene rings is 1. The maximum absolute atomic E-state index is 4.51. The molecule has 1 N–H and O–H groups in total. The van der Waals surface area contributed by atoms with Gasteiger partial charge in [-0.25, -0.2) is 9.97 Å². The third-order valence-electron chi connectivity index (χ3n) is 4.50. The number of hydrogen-bond acceptors (Lipinski definition) is 4. The molecule has 5 heteroatoms. The van der Waals surface area contributed by atoms with E-state index in [0.29, 0.717) is 0 Å². The summed E-state index contributed by atoms with van der Waals surface area (Å²) in [5.41, 5.74) is 7.25. The number of benzene rings is 2. The van der Waals surface area contributed by atoms with Crippen molar-refractivity contribution in [3.05, 3.63) is 70.9 Å². The van der Waals surface area contributed by atoms with Crippen LogP contribution in [0.2, 0.25) is 0 Å². The molecule has 0 bridgehead atoms. The normalized spacial score (nSPS) is 10.6. The number of nitrogens with zero attached hydrogens (tertiary/aromatic N) is 2. The minimum atomic E-state index is 0. The standard InChI is InChI=1S/C21H19N3S.ClH/c1-13-4-8-17(9-5-13)24-20-19-18(11-25-21(19)23-12-22-20)16-7-6-14(2)15(3)10-16;/h4-12H,1-3H3,(H,22,23,24);1H. The van der Waals surface area contributed by atoms with Crippen LogP contribution in [-0.4, -0.2) is 9.97 Å². The van der Waals surface area contributed by atoms with Crippen molar-refractivity contribution in [1.82, 2.24) is 9.97 Å². The van der Waals surface area contributed by atoms with Gasteiger partial charge in [0.2, 0.25) is 0 Å². The summed E-state index contributed by atoms with van der Waals surface area (Å²) in [5.74, 6) is 0.850. The van der Waals surface area contributed by atoms with E-state index in [-0.39, 0.29) is 12.4 Å². The summed E-state index contributed by atoms with van der Waals surface area (Å²) >= 11 is 1.65. The first-order valence-electron chi connectivity index (χ1n) is 8.25. The fourth-order valence-corrected chi connectivity index (χ4v) is 3.78. The Morgan fingerprint density at radius 2 is 1.65 bits per heavy atom. The molecule has 0 radical (unpaired) electrons. The maximum atomic E-state index is 4.51. The second-order valence-electron chi connectivity index (χ2n) is 6.34. The van der Waals surface area contributed by atoms with Crippen LogP contribution in [0.1, 0.15) is 16.7 Å². The minimum Gasteiger partial charge on any atom is -0.340 e. The van der Waals surface area contributed by atoms with E-state index in [2.05, 4.69) is 83.9 Å². The lowest BCUT2D eigenvalue weighted by molar-refractivity contribution is 1.23. The van der Waals surface area contributed by atoms with Gasteiger partial charge in [0.15, 0.2) is 0 Å². The van der Waals surface area contributed by atoms with Gasteiger partial charge in [-0.3, -0.25) is 0 Å². The average Bonchev–Trinajstić information content (AvgIpc) is 3.04. The lowest BCUT2D eigenvalue weighted by Crippen LogP contribution is -1.95. The number of anilines is 2. The van der Waals surface area contributed by atoms with E-state index in [9.17, 15) is 0 Å². The van der Waals surface area contributed by atoms with E-state index >= 15 is 0 Å². The number of nitrogens with one attached hydrogen (secondary N) is 1. The predicted octanol–water partition coefficient (Wildman–Crippen LogP) is 6.45. The third-order valence-corrected chi connectivity index (χ3v) is 5.39. The van der Waals surface area contributed by atoms with Crippen molar-refractivity contribution < 1.29 is 0 Å². The molecule has 0 saturated heterocycles. The van der Waals surface area contributed by atoms with Gasteiger partial charge in [-0.1, -0.05) is 35.9 Å². The Kier molecular flexibility index (Phi) is 5.25. The lowest BCUT2D eigenvalue weighted by Gasteiger charge is -2.09. The number of halogens is 1. The average molecular weight is 382 g/mol. The molecule has 0 unspecified atom stereocenters. The molecule has 0 amide bonds. The Labute approximate surface area is 163 Å². The van der Waals surface area contributed by atoms with Crippen LogP contribution in [0.3, 0.4) is 0 Å². The van der Waals surface area contributed by atoms with Gasteiger partial charge in [0, 0.05) is 16.6 Å². The van der Waals surface area contributed by atoms with Crippen LogP contribution >= 0.6 is 23.7 Å². The zero-order chi connectivity index (χ0) is 17.4. The summed E-state index contributed by atoms with van der Waals surface area (Å²) in [6, 6.07) is 14.9. The second kappa shape index (κ2) is 7.44. The zero-order valence-corrected chi connectivity index (χ0v) is 16.5. The van der Waals surface area contributed by atoms with Crippen LogP contribution in [0.15, 0.2) is 54.2 Å². The molecule has 0 spiro atoms. The third kappa shape index (κ3) is 3.43. The molecular formula is C21H20ClN3S. The van der Waals surface area contributed by atoms with E-state index in [0.717, 1.165) is 21.7 Å². The Balaban J connectivity index is 0.00000196. The largest absolute Gasteiger partial charge is 0.340 e. The number of fused-ring (bicyclic) bond motifs is 1. The highest BCUT2D eigenvalue weighted by molar-refractivity contribution is 7.17. The molecule has 2 heterocycles. The molecule has 2 aromatic heterocycles. The second-order valence-corrected chi connectivity index (χ2v) is 7.20. The van der Waals surface area contributed by atoms with Crippen LogP contribution in [0.25, 0.3) is 21.3 Å². The smallest absolute Gasteiger partial charge is 0.143 e. The summed E-state index contributed by atoms with van der Waals surface area (Å²) in [6.45, 7) is 6.37. The first kappa shape index (κ1) is 18.4. The van der Waals surface area contributed by atoms with Crippen LogP contribution in [-0.2, 0) is 0 Å². The minimum absolute atomic E-state index is 0. The van der Waals surface area contributed by atoms with E-state index < -0.39 is 0 Å². The van der Waals surface area contributed by atoms with Gasteiger partial charge in [-0.05, 0) is 49.6 Å². The van der Waals surface area contributed by atoms with Crippen molar-refractivity contribution in [3.8, 4) is 11.1 Å². The Bertz CT molecular complexity index is 1050. The number of aryl methyl sites for hydroxylation is 3. The van der Waals surface area contributed by atoms with Gasteiger partial charge in [0.25, 0.3) is 0 Å². The van der Waals surface area contributed by atoms with Gasteiger partial charge < -0.3 is 5.32 Å². The van der Waals surface area contributed by atoms with Crippen molar-refractivity contribution in [2.75, 3.05) is 5.32 Å². The van der Waals surface area contributed by atoms with Gasteiger partial charge >= 0.3 is 0 Å². The summed E-state index contributed by atoms with van der Waals surface area (Å²) in [7, 11) is 0. The molecule has 2 aromatic carbocycles. The molecule has 0 aliphatic rings. The molecule has 0 saturated carbocycles. The molecule has 0 fully saturated rings. The topological polar surface area (TPSA) is 37.8 Å². The van der Waals surface area contributed by atoms with E-state index in [1.54, 1.807) is 17.7 Å².